The van der Waals surface area contributed by atoms with Crippen LogP contribution in [0.4, 0.5) is 8.78 Å². The number of hydrogen-bond acceptors (Lipinski definition) is 0. The number of aromatic nitrogens is 1. The number of benzene rings is 1. The smallest absolute Gasteiger partial charge is 0.132 e. The molecule has 2 aromatic rings. The van der Waals surface area contributed by atoms with Crippen molar-refractivity contribution in [3.8, 4) is 11.3 Å². The Balaban J connectivity index is 2.57. The third-order valence-corrected chi connectivity index (χ3v) is 1.82. The molecule has 3 heteroatoms. The maximum Gasteiger partial charge on any atom is 0.132 e. The van der Waals surface area contributed by atoms with Crippen molar-refractivity contribution in [2.24, 2.45) is 0 Å². The Morgan fingerprint density at radius 3 is 2.62 bits per heavy atom. The van der Waals surface area contributed by atoms with Gasteiger partial charge in [-0.05, 0) is 30.3 Å². The Labute approximate surface area is 74.0 Å². The van der Waals surface area contributed by atoms with Gasteiger partial charge in [-0.2, -0.15) is 0 Å². The van der Waals surface area contributed by atoms with Gasteiger partial charge in [0.2, 0.25) is 0 Å². The molecular formula is C10H7F2N. The lowest BCUT2D eigenvalue weighted by molar-refractivity contribution is 0.603. The highest BCUT2D eigenvalue weighted by atomic mass is 19.1. The maximum absolute atomic E-state index is 13.1. The molecule has 66 valence electrons. The van der Waals surface area contributed by atoms with E-state index in [-0.39, 0.29) is 5.56 Å². The van der Waals surface area contributed by atoms with Gasteiger partial charge in [0.05, 0.1) is 0 Å². The molecule has 1 nitrogen and oxygen atoms in total. The number of halogens is 2. The molecule has 0 aliphatic carbocycles. The molecule has 0 radical (unpaired) electrons. The van der Waals surface area contributed by atoms with E-state index in [1.165, 1.54) is 6.07 Å². The monoisotopic (exact) mass is 179 g/mol. The van der Waals surface area contributed by atoms with Crippen molar-refractivity contribution in [2.75, 3.05) is 0 Å². The van der Waals surface area contributed by atoms with E-state index < -0.39 is 11.6 Å². The molecular weight excluding hydrogens is 172 g/mol. The van der Waals surface area contributed by atoms with Crippen LogP contribution in [-0.4, -0.2) is 4.98 Å². The molecule has 0 aliphatic heterocycles. The first-order valence-electron chi connectivity index (χ1n) is 3.86. The summed E-state index contributed by atoms with van der Waals surface area (Å²) in [6.07, 6.45) is 1.67. The van der Waals surface area contributed by atoms with Crippen LogP contribution in [0.2, 0.25) is 0 Å². The zero-order chi connectivity index (χ0) is 9.26. The number of rotatable bonds is 1. The molecule has 0 fully saturated rings. The Morgan fingerprint density at radius 1 is 1.08 bits per heavy atom. The topological polar surface area (TPSA) is 15.8 Å². The first-order chi connectivity index (χ1) is 6.27. The van der Waals surface area contributed by atoms with Gasteiger partial charge in [0.1, 0.15) is 11.6 Å². The number of nitrogens with one attached hydrogen (secondary N) is 1. The molecule has 0 spiro atoms. The minimum Gasteiger partial charge on any atom is -0.361 e. The molecule has 1 aromatic heterocycles. The third-order valence-electron chi connectivity index (χ3n) is 1.82. The molecule has 1 heterocycles. The summed E-state index contributed by atoms with van der Waals surface area (Å²) in [4.78, 5) is 2.81. The highest BCUT2D eigenvalue weighted by molar-refractivity contribution is 5.59. The summed E-state index contributed by atoms with van der Waals surface area (Å²) in [6, 6.07) is 6.81. The van der Waals surface area contributed by atoms with Crippen molar-refractivity contribution in [1.82, 2.24) is 4.98 Å². The van der Waals surface area contributed by atoms with Gasteiger partial charge in [-0.3, -0.25) is 0 Å². The van der Waals surface area contributed by atoms with Crippen LogP contribution in [0.15, 0.2) is 36.5 Å². The molecule has 0 atom stereocenters. The molecule has 2 rings (SSSR count). The van der Waals surface area contributed by atoms with Gasteiger partial charge in [0.15, 0.2) is 0 Å². The van der Waals surface area contributed by atoms with E-state index in [2.05, 4.69) is 4.98 Å². The summed E-state index contributed by atoms with van der Waals surface area (Å²) in [5.74, 6) is -0.866. The predicted molar refractivity (Wildman–Crippen MR) is 46.1 cm³/mol. The van der Waals surface area contributed by atoms with Crippen molar-refractivity contribution in [3.63, 3.8) is 0 Å². The Bertz CT molecular complexity index is 407. The van der Waals surface area contributed by atoms with E-state index >= 15 is 0 Å². The van der Waals surface area contributed by atoms with Gasteiger partial charge in [-0.15, -0.1) is 0 Å². The Morgan fingerprint density at radius 2 is 1.92 bits per heavy atom. The van der Waals surface area contributed by atoms with Crippen LogP contribution in [0.5, 0.6) is 0 Å². The SMILES string of the molecule is Fc1ccc(F)c(-c2ccc[nH]2)c1. The number of hydrogen-bond donors (Lipinski definition) is 1. The van der Waals surface area contributed by atoms with Crippen LogP contribution in [0.3, 0.4) is 0 Å². The van der Waals surface area contributed by atoms with Crippen molar-refractivity contribution in [1.29, 1.82) is 0 Å². The van der Waals surface area contributed by atoms with Gasteiger partial charge < -0.3 is 4.98 Å². The average molecular weight is 179 g/mol. The van der Waals surface area contributed by atoms with E-state index in [1.807, 2.05) is 0 Å². The molecule has 13 heavy (non-hydrogen) atoms. The number of aromatic amines is 1. The van der Waals surface area contributed by atoms with E-state index in [9.17, 15) is 8.78 Å². The summed E-state index contributed by atoms with van der Waals surface area (Å²) in [7, 11) is 0. The fraction of sp³-hybridized carbons (Fsp3) is 0. The van der Waals surface area contributed by atoms with Gasteiger partial charge in [-0.25, -0.2) is 8.78 Å². The highest BCUT2D eigenvalue weighted by Crippen LogP contribution is 2.21. The van der Waals surface area contributed by atoms with Crippen molar-refractivity contribution >= 4 is 0 Å². The normalized spacial score (nSPS) is 10.3. The Hall–Kier alpha value is -1.64. The fourth-order valence-electron chi connectivity index (χ4n) is 1.20. The first-order valence-corrected chi connectivity index (χ1v) is 3.86. The zero-order valence-corrected chi connectivity index (χ0v) is 6.72. The molecule has 0 saturated carbocycles. The van der Waals surface area contributed by atoms with Crippen molar-refractivity contribution in [2.45, 2.75) is 0 Å². The summed E-state index contributed by atoms with van der Waals surface area (Å²) in [6.45, 7) is 0. The average Bonchev–Trinajstić information content (AvgIpc) is 2.61. The van der Waals surface area contributed by atoms with Crippen LogP contribution in [0.25, 0.3) is 11.3 Å². The minimum atomic E-state index is -0.439. The van der Waals surface area contributed by atoms with Gasteiger partial charge in [0, 0.05) is 17.5 Å². The van der Waals surface area contributed by atoms with Crippen LogP contribution in [-0.2, 0) is 0 Å². The van der Waals surface area contributed by atoms with E-state index in [1.54, 1.807) is 18.3 Å². The van der Waals surface area contributed by atoms with Gasteiger partial charge >= 0.3 is 0 Å². The zero-order valence-electron chi connectivity index (χ0n) is 6.72. The lowest BCUT2D eigenvalue weighted by Crippen LogP contribution is -1.85. The molecule has 0 unspecified atom stereocenters. The third kappa shape index (κ3) is 1.45. The van der Waals surface area contributed by atoms with Crippen molar-refractivity contribution in [3.05, 3.63) is 48.2 Å². The summed E-state index contributed by atoms with van der Waals surface area (Å²) in [5, 5.41) is 0. The van der Waals surface area contributed by atoms with E-state index in [0.29, 0.717) is 5.69 Å². The standard InChI is InChI=1S/C10H7F2N/c11-7-3-4-9(12)8(6-7)10-2-1-5-13-10/h1-6,13H. The van der Waals surface area contributed by atoms with E-state index in [4.69, 9.17) is 0 Å². The fourth-order valence-corrected chi connectivity index (χ4v) is 1.20. The minimum absolute atomic E-state index is 0.255. The van der Waals surface area contributed by atoms with Crippen LogP contribution in [0.1, 0.15) is 0 Å². The molecule has 0 amide bonds. The Kier molecular flexibility index (Phi) is 1.85. The molecule has 1 N–H and O–H groups in total. The van der Waals surface area contributed by atoms with Crippen LogP contribution in [0, 0.1) is 11.6 Å². The number of H-pyrrole nitrogens is 1. The molecule has 0 bridgehead atoms. The highest BCUT2D eigenvalue weighted by Gasteiger charge is 2.05. The first kappa shape index (κ1) is 7.98. The summed E-state index contributed by atoms with van der Waals surface area (Å²) >= 11 is 0. The lowest BCUT2D eigenvalue weighted by atomic mass is 10.1. The predicted octanol–water partition coefficient (Wildman–Crippen LogP) is 2.96. The lowest BCUT2D eigenvalue weighted by Gasteiger charge is -1.99. The second kappa shape index (κ2) is 3.01. The maximum atomic E-state index is 13.1. The molecule has 1 aromatic carbocycles. The van der Waals surface area contributed by atoms with Gasteiger partial charge in [-0.1, -0.05) is 0 Å². The van der Waals surface area contributed by atoms with Crippen LogP contribution >= 0.6 is 0 Å². The summed E-state index contributed by atoms with van der Waals surface area (Å²) < 4.78 is 25.9. The molecule has 0 saturated heterocycles. The largest absolute Gasteiger partial charge is 0.361 e. The van der Waals surface area contributed by atoms with Gasteiger partial charge in [0.25, 0.3) is 0 Å². The molecule has 0 aliphatic rings. The van der Waals surface area contributed by atoms with Crippen molar-refractivity contribution < 1.29 is 8.78 Å². The van der Waals surface area contributed by atoms with Crippen LogP contribution < -0.4 is 0 Å². The second-order valence-electron chi connectivity index (χ2n) is 2.71. The summed E-state index contributed by atoms with van der Waals surface area (Å²) in [5.41, 5.74) is 0.835. The van der Waals surface area contributed by atoms with E-state index in [0.717, 1.165) is 12.1 Å². The second-order valence-corrected chi connectivity index (χ2v) is 2.71. The quantitative estimate of drug-likeness (QED) is 0.692.